The molecule has 116 valence electrons. The van der Waals surface area contributed by atoms with Crippen molar-refractivity contribution in [3.8, 4) is 0 Å². The predicted molar refractivity (Wildman–Crippen MR) is 78.6 cm³/mol. The molecule has 0 amide bonds. The lowest BCUT2D eigenvalue weighted by Gasteiger charge is -2.09. The summed E-state index contributed by atoms with van der Waals surface area (Å²) in [4.78, 5) is 0. The van der Waals surface area contributed by atoms with Crippen LogP contribution in [0, 0.1) is 5.82 Å². The van der Waals surface area contributed by atoms with Gasteiger partial charge in [0.2, 0.25) is 0 Å². The van der Waals surface area contributed by atoms with Gasteiger partial charge >= 0.3 is 0 Å². The van der Waals surface area contributed by atoms with Gasteiger partial charge in [-0.2, -0.15) is 0 Å². The molecule has 6 heteroatoms. The van der Waals surface area contributed by atoms with E-state index in [0.717, 1.165) is 11.1 Å². The number of furan rings is 1. The molecule has 0 aliphatic carbocycles. The van der Waals surface area contributed by atoms with E-state index in [-0.39, 0.29) is 17.4 Å². The third kappa shape index (κ3) is 3.03. The highest BCUT2D eigenvalue weighted by molar-refractivity contribution is 5.78. The average molecular weight is 304 g/mol. The number of nitrogens with one attached hydrogen (secondary N) is 1. The average Bonchev–Trinajstić information content (AvgIpc) is 3.12. The maximum absolute atomic E-state index is 13.6. The van der Waals surface area contributed by atoms with E-state index in [2.05, 4.69) is 10.5 Å². The molecule has 0 saturated carbocycles. The van der Waals surface area contributed by atoms with Crippen LogP contribution in [-0.2, 0) is 17.9 Å². The molecule has 2 aromatic heterocycles. The van der Waals surface area contributed by atoms with E-state index in [9.17, 15) is 4.39 Å². The Morgan fingerprint density at radius 1 is 1.36 bits per heavy atom. The predicted octanol–water partition coefficient (Wildman–Crippen LogP) is 3.56. The van der Waals surface area contributed by atoms with Crippen LogP contribution in [0.1, 0.15) is 30.2 Å². The Balaban J connectivity index is 1.67. The lowest BCUT2D eigenvalue weighted by atomic mass is 10.2. The summed E-state index contributed by atoms with van der Waals surface area (Å²) in [5.41, 5.74) is 1.07. The molecule has 1 N–H and O–H groups in total. The number of hydrogen-bond acceptors (Lipinski definition) is 5. The molecule has 1 atom stereocenters. The molecule has 0 bridgehead atoms. The van der Waals surface area contributed by atoms with Crippen LogP contribution in [0.3, 0.4) is 0 Å². The van der Waals surface area contributed by atoms with Crippen molar-refractivity contribution in [2.24, 2.45) is 0 Å². The van der Waals surface area contributed by atoms with Gasteiger partial charge < -0.3 is 19.0 Å². The van der Waals surface area contributed by atoms with Gasteiger partial charge in [0, 0.05) is 25.1 Å². The summed E-state index contributed by atoms with van der Waals surface area (Å²) in [7, 11) is 1.60. The fraction of sp³-hybridized carbons (Fsp3) is 0.312. The Kier molecular flexibility index (Phi) is 4.22. The van der Waals surface area contributed by atoms with Crippen molar-refractivity contribution in [3.63, 3.8) is 0 Å². The molecule has 0 fully saturated rings. The fourth-order valence-corrected chi connectivity index (χ4v) is 2.27. The number of hydrogen-bond donors (Lipinski definition) is 1. The highest BCUT2D eigenvalue weighted by atomic mass is 19.1. The molecule has 0 aliphatic heterocycles. The summed E-state index contributed by atoms with van der Waals surface area (Å²) in [6.45, 7) is 2.87. The number of benzene rings is 1. The topological polar surface area (TPSA) is 60.4 Å². The molecule has 2 heterocycles. The summed E-state index contributed by atoms with van der Waals surface area (Å²) >= 11 is 0. The highest BCUT2D eigenvalue weighted by Gasteiger charge is 2.14. The van der Waals surface area contributed by atoms with Gasteiger partial charge in [-0.25, -0.2) is 4.39 Å². The molecule has 1 aromatic carbocycles. The number of nitrogens with zero attached hydrogens (tertiary/aromatic N) is 1. The minimum absolute atomic E-state index is 0.0747. The van der Waals surface area contributed by atoms with E-state index in [0.29, 0.717) is 24.7 Å². The zero-order chi connectivity index (χ0) is 15.5. The van der Waals surface area contributed by atoms with Crippen molar-refractivity contribution in [3.05, 3.63) is 53.4 Å². The first kappa shape index (κ1) is 14.7. The quantitative estimate of drug-likeness (QED) is 0.754. The lowest BCUT2D eigenvalue weighted by molar-refractivity contribution is 0.155. The van der Waals surface area contributed by atoms with Crippen molar-refractivity contribution in [2.45, 2.75) is 26.1 Å². The molecule has 22 heavy (non-hydrogen) atoms. The van der Waals surface area contributed by atoms with Crippen LogP contribution in [0.25, 0.3) is 11.0 Å². The number of para-hydroxylation sites is 1. The zero-order valence-corrected chi connectivity index (χ0v) is 12.4. The van der Waals surface area contributed by atoms with Crippen LogP contribution >= 0.6 is 0 Å². The molecule has 3 rings (SSSR count). The van der Waals surface area contributed by atoms with Gasteiger partial charge in [0.1, 0.15) is 12.4 Å². The fourth-order valence-electron chi connectivity index (χ4n) is 2.27. The Morgan fingerprint density at radius 2 is 2.23 bits per heavy atom. The van der Waals surface area contributed by atoms with E-state index >= 15 is 0 Å². The van der Waals surface area contributed by atoms with Gasteiger partial charge in [0.25, 0.3) is 0 Å². The molecular weight excluding hydrogens is 287 g/mol. The molecule has 0 spiro atoms. The first-order valence-electron chi connectivity index (χ1n) is 7.02. The Labute approximate surface area is 127 Å². The standard InChI is InChI=1S/C16H17FN2O3/c1-10(18-8-12-7-13(9-20-2)22-19-12)15-6-11-4-3-5-14(17)16(11)21-15/h3-7,10,18H,8-9H2,1-2H3. The molecule has 5 nitrogen and oxygen atoms in total. The molecule has 3 aromatic rings. The number of methoxy groups -OCH3 is 1. The SMILES string of the molecule is COCc1cc(CNC(C)c2cc3cccc(F)c3o2)no1. The number of ether oxygens (including phenoxy) is 1. The van der Waals surface area contributed by atoms with Crippen LogP contribution < -0.4 is 5.32 Å². The Morgan fingerprint density at radius 3 is 3.00 bits per heavy atom. The Bertz CT molecular complexity index is 766. The monoisotopic (exact) mass is 304 g/mol. The van der Waals surface area contributed by atoms with Gasteiger partial charge in [-0.05, 0) is 19.1 Å². The minimum Gasteiger partial charge on any atom is -0.456 e. The smallest absolute Gasteiger partial charge is 0.169 e. The first-order chi connectivity index (χ1) is 10.7. The normalized spacial score (nSPS) is 12.9. The maximum Gasteiger partial charge on any atom is 0.169 e. The highest BCUT2D eigenvalue weighted by Crippen LogP contribution is 2.26. The van der Waals surface area contributed by atoms with Crippen LogP contribution in [0.15, 0.2) is 39.3 Å². The Hall–Kier alpha value is -2.18. The second kappa shape index (κ2) is 6.29. The lowest BCUT2D eigenvalue weighted by Crippen LogP contribution is -2.17. The van der Waals surface area contributed by atoms with Crippen LogP contribution in [0.5, 0.6) is 0 Å². The third-order valence-electron chi connectivity index (χ3n) is 3.43. The van der Waals surface area contributed by atoms with Crippen LogP contribution in [0.2, 0.25) is 0 Å². The van der Waals surface area contributed by atoms with E-state index < -0.39 is 0 Å². The maximum atomic E-state index is 13.6. The second-order valence-electron chi connectivity index (χ2n) is 5.13. The zero-order valence-electron chi connectivity index (χ0n) is 12.4. The van der Waals surface area contributed by atoms with E-state index in [1.165, 1.54) is 6.07 Å². The first-order valence-corrected chi connectivity index (χ1v) is 7.02. The van der Waals surface area contributed by atoms with Gasteiger partial charge in [-0.1, -0.05) is 17.3 Å². The molecular formula is C16H17FN2O3. The number of aromatic nitrogens is 1. The van der Waals surface area contributed by atoms with Crippen molar-refractivity contribution >= 4 is 11.0 Å². The number of halogens is 1. The van der Waals surface area contributed by atoms with Crippen molar-refractivity contribution in [1.29, 1.82) is 0 Å². The molecule has 0 aliphatic rings. The minimum atomic E-state index is -0.350. The number of fused-ring (bicyclic) bond motifs is 1. The summed E-state index contributed by atoms with van der Waals surface area (Å²) in [6.07, 6.45) is 0. The van der Waals surface area contributed by atoms with E-state index in [1.54, 1.807) is 13.2 Å². The molecule has 0 saturated heterocycles. The van der Waals surface area contributed by atoms with Crippen LogP contribution in [-0.4, -0.2) is 12.3 Å². The molecule has 0 radical (unpaired) electrons. The summed E-state index contributed by atoms with van der Waals surface area (Å²) < 4.78 is 29.3. The van der Waals surface area contributed by atoms with Gasteiger partial charge in [0.15, 0.2) is 17.2 Å². The van der Waals surface area contributed by atoms with Crippen LogP contribution in [0.4, 0.5) is 4.39 Å². The third-order valence-corrected chi connectivity index (χ3v) is 3.43. The van der Waals surface area contributed by atoms with Gasteiger partial charge in [0.05, 0.1) is 11.7 Å². The van der Waals surface area contributed by atoms with E-state index in [4.69, 9.17) is 13.7 Å². The summed E-state index contributed by atoms with van der Waals surface area (Å²) in [5, 5.41) is 7.98. The van der Waals surface area contributed by atoms with Crippen molar-refractivity contribution < 1.29 is 18.1 Å². The van der Waals surface area contributed by atoms with Crippen molar-refractivity contribution in [1.82, 2.24) is 10.5 Å². The van der Waals surface area contributed by atoms with Gasteiger partial charge in [-0.15, -0.1) is 0 Å². The largest absolute Gasteiger partial charge is 0.456 e. The van der Waals surface area contributed by atoms with Gasteiger partial charge in [-0.3, -0.25) is 0 Å². The summed E-state index contributed by atoms with van der Waals surface area (Å²) in [5.74, 6) is 1.01. The second-order valence-corrected chi connectivity index (χ2v) is 5.13. The molecule has 1 unspecified atom stereocenters. The number of rotatable bonds is 6. The van der Waals surface area contributed by atoms with Crippen molar-refractivity contribution in [2.75, 3.05) is 7.11 Å². The van der Waals surface area contributed by atoms with E-state index in [1.807, 2.05) is 25.1 Å². The summed E-state index contributed by atoms with van der Waals surface area (Å²) in [6, 6.07) is 8.49.